The van der Waals surface area contributed by atoms with Gasteiger partial charge in [-0.05, 0) is 24.3 Å². The Balaban J connectivity index is 2.30. The summed E-state index contributed by atoms with van der Waals surface area (Å²) in [6, 6.07) is 11.4. The highest BCUT2D eigenvalue weighted by atomic mass is 16.6. The number of hydrogen-bond donors (Lipinski definition) is 0. The van der Waals surface area contributed by atoms with E-state index in [1.165, 1.54) is 30.7 Å². The maximum atomic E-state index is 12.2. The first-order chi connectivity index (χ1) is 12.0. The molecule has 0 fully saturated rings. The molecule has 0 saturated heterocycles. The van der Waals surface area contributed by atoms with Gasteiger partial charge in [-0.25, -0.2) is 0 Å². The average molecular weight is 340 g/mol. The lowest BCUT2D eigenvalue weighted by molar-refractivity contribution is -0.384. The molecule has 0 aliphatic carbocycles. The first-order valence-electron chi connectivity index (χ1n) is 7.49. The van der Waals surface area contributed by atoms with Crippen LogP contribution in [0, 0.1) is 10.1 Å². The standard InChI is InChI=1S/C18H16N2O5/c1-11(21)19-16-7-4-13(20(22)23)8-12(16)9-17(19)15-6-5-14(24-2)10-18(15)25-3/h4-10H,1-3H3. The van der Waals surface area contributed by atoms with Crippen molar-refractivity contribution in [2.75, 3.05) is 14.2 Å². The summed E-state index contributed by atoms with van der Waals surface area (Å²) >= 11 is 0. The molecule has 3 rings (SSSR count). The molecule has 0 spiro atoms. The molecule has 25 heavy (non-hydrogen) atoms. The Bertz CT molecular complexity index is 991. The van der Waals surface area contributed by atoms with Gasteiger partial charge in [0.15, 0.2) is 0 Å². The van der Waals surface area contributed by atoms with Crippen molar-refractivity contribution in [3.8, 4) is 22.8 Å². The second-order valence-corrected chi connectivity index (χ2v) is 5.45. The van der Waals surface area contributed by atoms with E-state index in [1.807, 2.05) is 0 Å². The van der Waals surface area contributed by atoms with Gasteiger partial charge in [-0.15, -0.1) is 0 Å². The third-order valence-corrected chi connectivity index (χ3v) is 4.00. The van der Waals surface area contributed by atoms with Crippen LogP contribution in [0.4, 0.5) is 5.69 Å². The quantitative estimate of drug-likeness (QED) is 0.531. The Kier molecular flexibility index (Phi) is 4.14. The van der Waals surface area contributed by atoms with Crippen molar-refractivity contribution < 1.29 is 19.2 Å². The third kappa shape index (κ3) is 2.80. The molecule has 0 N–H and O–H groups in total. The van der Waals surface area contributed by atoms with Crippen LogP contribution >= 0.6 is 0 Å². The fraction of sp³-hybridized carbons (Fsp3) is 0.167. The average Bonchev–Trinajstić information content (AvgIpc) is 2.99. The van der Waals surface area contributed by atoms with E-state index in [0.717, 1.165) is 0 Å². The minimum atomic E-state index is -0.460. The lowest BCUT2D eigenvalue weighted by Crippen LogP contribution is -2.07. The van der Waals surface area contributed by atoms with Crippen LogP contribution in [-0.2, 0) is 0 Å². The Labute approximate surface area is 143 Å². The summed E-state index contributed by atoms with van der Waals surface area (Å²) < 4.78 is 12.1. The van der Waals surface area contributed by atoms with Crippen LogP contribution in [0.1, 0.15) is 11.7 Å². The van der Waals surface area contributed by atoms with E-state index in [9.17, 15) is 14.9 Å². The molecule has 1 heterocycles. The number of non-ortho nitro benzene ring substituents is 1. The van der Waals surface area contributed by atoms with Crippen LogP contribution in [0.3, 0.4) is 0 Å². The predicted molar refractivity (Wildman–Crippen MR) is 93.4 cm³/mol. The maximum Gasteiger partial charge on any atom is 0.270 e. The van der Waals surface area contributed by atoms with Crippen molar-refractivity contribution in [1.29, 1.82) is 0 Å². The van der Waals surface area contributed by atoms with E-state index in [1.54, 1.807) is 37.4 Å². The number of carbonyl (C=O) groups excluding carboxylic acids is 1. The molecule has 0 unspecified atom stereocenters. The Morgan fingerprint density at radius 1 is 1.08 bits per heavy atom. The smallest absolute Gasteiger partial charge is 0.270 e. The van der Waals surface area contributed by atoms with Gasteiger partial charge in [0.1, 0.15) is 11.5 Å². The summed E-state index contributed by atoms with van der Waals surface area (Å²) in [4.78, 5) is 22.8. The number of nitro benzene ring substituents is 1. The van der Waals surface area contributed by atoms with Gasteiger partial charge in [-0.2, -0.15) is 0 Å². The SMILES string of the molecule is COc1ccc(-c2cc3cc([N+](=O)[O-])ccc3n2C(C)=O)c(OC)c1. The minimum Gasteiger partial charge on any atom is -0.497 e. The van der Waals surface area contributed by atoms with Gasteiger partial charge in [-0.1, -0.05) is 0 Å². The summed E-state index contributed by atoms with van der Waals surface area (Å²) in [6.07, 6.45) is 0. The normalized spacial score (nSPS) is 10.7. The molecule has 1 aromatic heterocycles. The van der Waals surface area contributed by atoms with Gasteiger partial charge < -0.3 is 9.47 Å². The molecule has 0 bridgehead atoms. The van der Waals surface area contributed by atoms with Crippen molar-refractivity contribution in [2.45, 2.75) is 6.92 Å². The zero-order valence-electron chi connectivity index (χ0n) is 14.0. The molecule has 0 aliphatic heterocycles. The van der Waals surface area contributed by atoms with Gasteiger partial charge >= 0.3 is 0 Å². The Morgan fingerprint density at radius 2 is 1.84 bits per heavy atom. The van der Waals surface area contributed by atoms with E-state index >= 15 is 0 Å². The van der Waals surface area contributed by atoms with E-state index in [0.29, 0.717) is 33.7 Å². The van der Waals surface area contributed by atoms with Crippen molar-refractivity contribution >= 4 is 22.5 Å². The second-order valence-electron chi connectivity index (χ2n) is 5.45. The topological polar surface area (TPSA) is 83.6 Å². The van der Waals surface area contributed by atoms with Gasteiger partial charge in [0.2, 0.25) is 5.91 Å². The number of carbonyl (C=O) groups is 1. The fourth-order valence-electron chi connectivity index (χ4n) is 2.86. The lowest BCUT2D eigenvalue weighted by atomic mass is 10.1. The van der Waals surface area contributed by atoms with Gasteiger partial charge in [0, 0.05) is 36.1 Å². The molecule has 7 nitrogen and oxygen atoms in total. The number of ether oxygens (including phenoxy) is 2. The van der Waals surface area contributed by atoms with Crippen molar-refractivity contribution in [3.63, 3.8) is 0 Å². The van der Waals surface area contributed by atoms with Crippen LogP contribution in [0.2, 0.25) is 0 Å². The highest BCUT2D eigenvalue weighted by Gasteiger charge is 2.19. The molecule has 0 atom stereocenters. The molecule has 2 aromatic carbocycles. The van der Waals surface area contributed by atoms with Gasteiger partial charge in [0.25, 0.3) is 5.69 Å². The van der Waals surface area contributed by atoms with Crippen LogP contribution in [0.5, 0.6) is 11.5 Å². The van der Waals surface area contributed by atoms with Gasteiger partial charge in [0.05, 0.1) is 30.4 Å². The number of methoxy groups -OCH3 is 2. The highest BCUT2D eigenvalue weighted by molar-refractivity contribution is 5.99. The highest BCUT2D eigenvalue weighted by Crippen LogP contribution is 2.37. The fourth-order valence-corrected chi connectivity index (χ4v) is 2.86. The molecular weight excluding hydrogens is 324 g/mol. The minimum absolute atomic E-state index is 0.0264. The molecule has 0 radical (unpaired) electrons. The number of benzene rings is 2. The van der Waals surface area contributed by atoms with Crippen molar-refractivity contribution in [3.05, 3.63) is 52.6 Å². The number of fused-ring (bicyclic) bond motifs is 1. The number of aromatic nitrogens is 1. The third-order valence-electron chi connectivity index (χ3n) is 4.00. The van der Waals surface area contributed by atoms with Crippen LogP contribution in [0.15, 0.2) is 42.5 Å². The van der Waals surface area contributed by atoms with Crippen LogP contribution in [-0.4, -0.2) is 29.6 Å². The summed E-state index contributed by atoms with van der Waals surface area (Å²) in [5.74, 6) is 0.970. The largest absolute Gasteiger partial charge is 0.497 e. The van der Waals surface area contributed by atoms with E-state index in [4.69, 9.17) is 9.47 Å². The summed E-state index contributed by atoms with van der Waals surface area (Å²) in [5.41, 5.74) is 1.87. The zero-order chi connectivity index (χ0) is 18.1. The summed E-state index contributed by atoms with van der Waals surface area (Å²) in [5, 5.41) is 11.6. The summed E-state index contributed by atoms with van der Waals surface area (Å²) in [6.45, 7) is 1.44. The first-order valence-corrected chi connectivity index (χ1v) is 7.49. The van der Waals surface area contributed by atoms with Crippen molar-refractivity contribution in [1.82, 2.24) is 4.57 Å². The number of nitrogens with zero attached hydrogens (tertiary/aromatic N) is 2. The van der Waals surface area contributed by atoms with Crippen molar-refractivity contribution in [2.24, 2.45) is 0 Å². The van der Waals surface area contributed by atoms with Crippen LogP contribution in [0.25, 0.3) is 22.2 Å². The molecular formula is C18H16N2O5. The van der Waals surface area contributed by atoms with E-state index in [-0.39, 0.29) is 11.6 Å². The molecule has 3 aromatic rings. The van der Waals surface area contributed by atoms with Gasteiger partial charge in [-0.3, -0.25) is 19.5 Å². The monoisotopic (exact) mass is 340 g/mol. The first kappa shape index (κ1) is 16.5. The Hall–Kier alpha value is -3.35. The molecule has 128 valence electrons. The zero-order valence-corrected chi connectivity index (χ0v) is 14.0. The molecule has 7 heteroatoms. The van der Waals surface area contributed by atoms with Crippen LogP contribution < -0.4 is 9.47 Å². The molecule has 0 saturated carbocycles. The Morgan fingerprint density at radius 3 is 2.44 bits per heavy atom. The molecule has 0 amide bonds. The van der Waals surface area contributed by atoms with E-state index in [2.05, 4.69) is 0 Å². The second kappa shape index (κ2) is 6.27. The lowest BCUT2D eigenvalue weighted by Gasteiger charge is -2.12. The van der Waals surface area contributed by atoms with E-state index < -0.39 is 4.92 Å². The number of rotatable bonds is 4. The number of nitro groups is 1. The number of hydrogen-bond acceptors (Lipinski definition) is 5. The summed E-state index contributed by atoms with van der Waals surface area (Å²) in [7, 11) is 3.09. The molecule has 0 aliphatic rings. The predicted octanol–water partition coefficient (Wildman–Crippen LogP) is 3.89. The maximum absolute atomic E-state index is 12.2.